The number of nitrogens with zero attached hydrogens (tertiary/aromatic N) is 2. The van der Waals surface area contributed by atoms with Gasteiger partial charge in [-0.25, -0.2) is 13.9 Å². The van der Waals surface area contributed by atoms with Crippen LogP contribution in [-0.2, 0) is 25.5 Å². The highest BCUT2D eigenvalue weighted by Gasteiger charge is 2.77. The number of primary amides is 1. The molecule has 11 nitrogen and oxygen atoms in total. The first-order chi connectivity index (χ1) is 23.7. The lowest BCUT2D eigenvalue weighted by Crippen LogP contribution is -2.67. The van der Waals surface area contributed by atoms with Gasteiger partial charge in [0.15, 0.2) is 5.60 Å². The number of carbonyl (C=O) groups excluding carboxylic acids is 3. The van der Waals surface area contributed by atoms with E-state index in [9.17, 15) is 33.8 Å². The second-order valence-electron chi connectivity index (χ2n) is 15.6. The number of amides is 2. The Kier molecular flexibility index (Phi) is 8.58. The van der Waals surface area contributed by atoms with Crippen LogP contribution in [0.2, 0.25) is 0 Å². The van der Waals surface area contributed by atoms with E-state index in [0.29, 0.717) is 42.3 Å². The van der Waals surface area contributed by atoms with Crippen molar-refractivity contribution < 1.29 is 38.5 Å². The molecule has 4 aliphatic carbocycles. The highest BCUT2D eigenvalue weighted by Crippen LogP contribution is 2.74. The fourth-order valence-electron chi connectivity index (χ4n) is 11.6. The molecule has 0 bridgehead atoms. The summed E-state index contributed by atoms with van der Waals surface area (Å²) >= 11 is 0.542. The van der Waals surface area contributed by atoms with E-state index in [1.807, 2.05) is 23.9 Å². The molecule has 0 radical (unpaired) electrons. The molecule has 2 amide bonds. The molecule has 2 heterocycles. The molecule has 268 valence electrons. The number of ether oxygens (including phenoxy) is 1. The Labute approximate surface area is 294 Å². The van der Waals surface area contributed by atoms with Gasteiger partial charge in [-0.05, 0) is 109 Å². The van der Waals surface area contributed by atoms with E-state index in [2.05, 4.69) is 25.2 Å². The molecule has 5 N–H and O–H groups in total. The maximum absolute atomic E-state index is 14.2. The van der Waals surface area contributed by atoms with Crippen molar-refractivity contribution in [2.45, 2.75) is 77.4 Å². The highest BCUT2D eigenvalue weighted by atomic mass is 32.2. The number of aromatic nitrogens is 2. The lowest BCUT2D eigenvalue weighted by Gasteiger charge is -2.63. The maximum atomic E-state index is 14.2. The summed E-state index contributed by atoms with van der Waals surface area (Å²) in [5.74, 6) is -2.33. The highest BCUT2D eigenvalue weighted by molar-refractivity contribution is 8.13. The molecule has 0 unspecified atom stereocenters. The van der Waals surface area contributed by atoms with Crippen LogP contribution in [0.1, 0.15) is 80.9 Å². The van der Waals surface area contributed by atoms with Crippen molar-refractivity contribution in [1.29, 1.82) is 0 Å². The third-order valence-corrected chi connectivity index (χ3v) is 14.0. The number of thioether (sulfide) groups is 1. The fraction of sp³-hybridized carbons (Fsp3) is 0.595. The molecule has 1 saturated heterocycles. The minimum atomic E-state index is -1.76. The zero-order valence-electron chi connectivity index (χ0n) is 28.6. The second kappa shape index (κ2) is 12.3. The minimum absolute atomic E-state index is 0.00499. The molecular weight excluding hydrogens is 663 g/mol. The predicted octanol–water partition coefficient (Wildman–Crippen LogP) is 4.29. The van der Waals surface area contributed by atoms with Crippen molar-refractivity contribution in [3.05, 3.63) is 52.9 Å². The first-order valence-electron chi connectivity index (χ1n) is 17.5. The van der Waals surface area contributed by atoms with Gasteiger partial charge in [0.1, 0.15) is 6.01 Å². The monoisotopic (exact) mass is 708 g/mol. The first kappa shape index (κ1) is 34.9. The largest absolute Gasteiger partial charge is 0.479 e. The second-order valence-corrected chi connectivity index (χ2v) is 16.4. The van der Waals surface area contributed by atoms with E-state index in [-0.39, 0.29) is 56.1 Å². The minimum Gasteiger partial charge on any atom is -0.479 e. The number of fused-ring (bicyclic) bond motifs is 6. The molecular formula is C37H45FN4O7S. The number of allylic oxidation sites excluding steroid dienone is 1. The van der Waals surface area contributed by atoms with Gasteiger partial charge in [-0.15, -0.1) is 0 Å². The third-order valence-electron chi connectivity index (χ3n) is 13.3. The Bertz CT molecular complexity index is 1790. The van der Waals surface area contributed by atoms with Crippen molar-refractivity contribution in [1.82, 2.24) is 15.1 Å². The standard InChI is InChI=1S/C37H45FN4O7S/c1-20-12-24-25-8-10-36(33(48)50-19-38,37(32(46)47)9-5-11-49-37)35(25,3)16-28(43)30(24)34(2)15-22-17-41-42(27(22)14-26(20)34)23-7-4-6-21(13-23)31(45)40-18-29(39)44/h4,6-7,13-14,17,20,24-25,28,30,43H,5,8-12,15-16,18-19H2,1-3H3,(H2,39,44)(H,40,45)(H,46,47)/t20-,24-,25-,28-,30+,34-,35-,36+,37-/m0/s1. The van der Waals surface area contributed by atoms with Crippen LogP contribution in [0.4, 0.5) is 4.39 Å². The van der Waals surface area contributed by atoms with Crippen LogP contribution in [0.5, 0.6) is 0 Å². The summed E-state index contributed by atoms with van der Waals surface area (Å²) in [5.41, 5.74) is 4.80. The number of aliphatic hydroxyl groups is 1. The molecule has 7 rings (SSSR count). The molecule has 1 aliphatic heterocycles. The van der Waals surface area contributed by atoms with Crippen LogP contribution >= 0.6 is 11.8 Å². The molecule has 4 fully saturated rings. The van der Waals surface area contributed by atoms with Crippen LogP contribution in [0, 0.1) is 39.9 Å². The number of aliphatic hydroxyl groups excluding tert-OH is 1. The van der Waals surface area contributed by atoms with E-state index in [4.69, 9.17) is 15.6 Å². The number of carboxylic acid groups (broad SMARTS) is 1. The normalized spacial score (nSPS) is 37.1. The smallest absolute Gasteiger partial charge is 0.337 e. The molecule has 1 aromatic heterocycles. The van der Waals surface area contributed by atoms with Crippen molar-refractivity contribution >= 4 is 40.7 Å². The van der Waals surface area contributed by atoms with E-state index >= 15 is 0 Å². The van der Waals surface area contributed by atoms with E-state index in [0.717, 1.165) is 17.7 Å². The third kappa shape index (κ3) is 4.78. The lowest BCUT2D eigenvalue weighted by molar-refractivity contribution is -0.211. The number of rotatable bonds is 8. The Morgan fingerprint density at radius 2 is 2.00 bits per heavy atom. The predicted molar refractivity (Wildman–Crippen MR) is 184 cm³/mol. The van der Waals surface area contributed by atoms with Gasteiger partial charge in [-0.3, -0.25) is 14.4 Å². The number of halogens is 1. The number of carboxylic acids is 1. The summed E-state index contributed by atoms with van der Waals surface area (Å²) in [6, 6.07) is 6.05. The number of aliphatic carboxylic acids is 1. The van der Waals surface area contributed by atoms with Crippen LogP contribution < -0.4 is 11.1 Å². The molecule has 50 heavy (non-hydrogen) atoms. The summed E-state index contributed by atoms with van der Waals surface area (Å²) in [6.45, 7) is 6.34. The SMILES string of the molecule is C[C@H]1C[C@@H]2[C@H]([C@@H](O)C[C@@]3(C)[C@H]2CC[C@]3(C(=O)SCF)[C@@]2(C(=O)O)CCCO2)[C@@]2(C)Cc3cnn(-c4cccc(C(=O)NCC(N)=O)c4)c3C=C12. The molecule has 9 atom stereocenters. The number of hydrogen-bond acceptors (Lipinski definition) is 8. The van der Waals surface area contributed by atoms with E-state index in [1.54, 1.807) is 18.2 Å². The van der Waals surface area contributed by atoms with Gasteiger partial charge in [-0.2, -0.15) is 5.10 Å². The first-order valence-corrected chi connectivity index (χ1v) is 18.5. The van der Waals surface area contributed by atoms with Crippen LogP contribution in [0.3, 0.4) is 0 Å². The van der Waals surface area contributed by atoms with Gasteiger partial charge in [0.2, 0.25) is 11.0 Å². The van der Waals surface area contributed by atoms with Gasteiger partial charge < -0.3 is 26.0 Å². The van der Waals surface area contributed by atoms with Gasteiger partial charge in [0.05, 0.1) is 35.6 Å². The zero-order chi connectivity index (χ0) is 35.8. The number of carbonyl (C=O) groups is 4. The van der Waals surface area contributed by atoms with Gasteiger partial charge in [0, 0.05) is 12.2 Å². The summed E-state index contributed by atoms with van der Waals surface area (Å²) < 4.78 is 21.8. The Balaban J connectivity index is 1.25. The Hall–Kier alpha value is -3.55. The van der Waals surface area contributed by atoms with Crippen LogP contribution in [0.25, 0.3) is 11.8 Å². The van der Waals surface area contributed by atoms with Crippen LogP contribution in [-0.4, -0.2) is 73.8 Å². The summed E-state index contributed by atoms with van der Waals surface area (Å²) in [7, 11) is 0. The Morgan fingerprint density at radius 3 is 2.68 bits per heavy atom. The molecule has 5 aliphatic rings. The van der Waals surface area contributed by atoms with E-state index < -0.39 is 56.9 Å². The molecule has 13 heteroatoms. The van der Waals surface area contributed by atoms with Crippen molar-refractivity contribution in [2.75, 3.05) is 19.2 Å². The fourth-order valence-corrected chi connectivity index (χ4v) is 12.4. The topological polar surface area (TPSA) is 174 Å². The summed E-state index contributed by atoms with van der Waals surface area (Å²) in [6.07, 6.45) is 6.37. The average Bonchev–Trinajstić information content (AvgIpc) is 3.79. The molecule has 1 aromatic carbocycles. The number of alkyl halides is 1. The Morgan fingerprint density at radius 1 is 1.22 bits per heavy atom. The number of benzene rings is 1. The average molecular weight is 709 g/mol. The van der Waals surface area contributed by atoms with Crippen LogP contribution in [0.15, 0.2) is 36.0 Å². The van der Waals surface area contributed by atoms with Gasteiger partial charge in [-0.1, -0.05) is 44.2 Å². The van der Waals surface area contributed by atoms with Crippen molar-refractivity contribution in [3.8, 4) is 5.69 Å². The summed E-state index contributed by atoms with van der Waals surface area (Å²) in [5, 5.41) is 29.8. The summed E-state index contributed by atoms with van der Waals surface area (Å²) in [4.78, 5) is 51.2. The molecule has 2 aromatic rings. The van der Waals surface area contributed by atoms with Crippen molar-refractivity contribution in [3.63, 3.8) is 0 Å². The van der Waals surface area contributed by atoms with Gasteiger partial charge >= 0.3 is 5.97 Å². The molecule has 0 spiro atoms. The molecule has 3 saturated carbocycles. The number of hydrogen-bond donors (Lipinski definition) is 4. The maximum Gasteiger partial charge on any atom is 0.337 e. The number of nitrogens with one attached hydrogen (secondary N) is 1. The zero-order valence-corrected chi connectivity index (χ0v) is 29.4. The number of nitrogens with two attached hydrogens (primary N) is 1. The van der Waals surface area contributed by atoms with Gasteiger partial charge in [0.25, 0.3) is 5.91 Å². The quantitative estimate of drug-likeness (QED) is 0.312. The van der Waals surface area contributed by atoms with Crippen molar-refractivity contribution in [2.24, 2.45) is 45.7 Å². The lowest BCUT2D eigenvalue weighted by atomic mass is 9.41. The van der Waals surface area contributed by atoms with E-state index in [1.165, 1.54) is 5.57 Å².